The van der Waals surface area contributed by atoms with Gasteiger partial charge in [-0.15, -0.1) is 0 Å². The number of rotatable bonds is 3. The minimum Gasteiger partial charge on any atom is -0.481 e. The standard InChI is InChI=1S/C11H19NO2/c1-12-6-2-5-11(8-12,7-10(13)14)9-3-4-9/h9H,2-8H2,1H3,(H,13,14). The fourth-order valence-electron chi connectivity index (χ4n) is 3.02. The SMILES string of the molecule is CN1CCCC(CC(=O)O)(C2CC2)C1. The number of carbonyl (C=O) groups is 1. The van der Waals surface area contributed by atoms with E-state index < -0.39 is 5.97 Å². The van der Waals surface area contributed by atoms with Gasteiger partial charge in [-0.2, -0.15) is 0 Å². The van der Waals surface area contributed by atoms with E-state index in [0.717, 1.165) is 19.5 Å². The van der Waals surface area contributed by atoms with Crippen LogP contribution in [0.25, 0.3) is 0 Å². The third-order valence-corrected chi connectivity index (χ3v) is 3.75. The highest BCUT2D eigenvalue weighted by Gasteiger charge is 2.47. The molecule has 0 aromatic heterocycles. The van der Waals surface area contributed by atoms with Gasteiger partial charge < -0.3 is 10.0 Å². The van der Waals surface area contributed by atoms with Crippen molar-refractivity contribution in [3.05, 3.63) is 0 Å². The molecule has 0 amide bonds. The number of aliphatic carboxylic acids is 1. The van der Waals surface area contributed by atoms with Gasteiger partial charge in [-0.3, -0.25) is 4.79 Å². The molecule has 0 radical (unpaired) electrons. The van der Waals surface area contributed by atoms with E-state index >= 15 is 0 Å². The third-order valence-electron chi connectivity index (χ3n) is 3.75. The summed E-state index contributed by atoms with van der Waals surface area (Å²) >= 11 is 0. The number of piperidine rings is 1. The highest BCUT2D eigenvalue weighted by atomic mass is 16.4. The van der Waals surface area contributed by atoms with Gasteiger partial charge in [-0.05, 0) is 50.6 Å². The summed E-state index contributed by atoms with van der Waals surface area (Å²) in [6.07, 6.45) is 5.17. The number of likely N-dealkylation sites (tertiary alicyclic amines) is 1. The zero-order valence-corrected chi connectivity index (χ0v) is 8.83. The first-order valence-electron chi connectivity index (χ1n) is 5.53. The largest absolute Gasteiger partial charge is 0.481 e. The lowest BCUT2D eigenvalue weighted by Crippen LogP contribution is -2.43. The van der Waals surface area contributed by atoms with Crippen LogP contribution in [0, 0.1) is 11.3 Å². The van der Waals surface area contributed by atoms with Crippen LogP contribution in [0.15, 0.2) is 0 Å². The second-order valence-electron chi connectivity index (χ2n) is 5.05. The number of carboxylic acids is 1. The Morgan fingerprint density at radius 2 is 2.29 bits per heavy atom. The third kappa shape index (κ3) is 1.92. The summed E-state index contributed by atoms with van der Waals surface area (Å²) in [4.78, 5) is 13.2. The summed E-state index contributed by atoms with van der Waals surface area (Å²) in [5.41, 5.74) is 0.110. The van der Waals surface area contributed by atoms with Crippen LogP contribution in [-0.4, -0.2) is 36.1 Å². The van der Waals surface area contributed by atoms with E-state index in [1.54, 1.807) is 0 Å². The highest BCUT2D eigenvalue weighted by Crippen LogP contribution is 2.52. The van der Waals surface area contributed by atoms with Crippen molar-refractivity contribution in [1.29, 1.82) is 0 Å². The van der Waals surface area contributed by atoms with Gasteiger partial charge in [-0.25, -0.2) is 0 Å². The Kier molecular flexibility index (Phi) is 2.52. The Labute approximate surface area is 85.1 Å². The highest BCUT2D eigenvalue weighted by molar-refractivity contribution is 5.68. The molecule has 1 heterocycles. The fourth-order valence-corrected chi connectivity index (χ4v) is 3.02. The number of hydrogen-bond acceptors (Lipinski definition) is 2. The summed E-state index contributed by atoms with van der Waals surface area (Å²) in [5.74, 6) is 0.0774. The van der Waals surface area contributed by atoms with Crippen LogP contribution < -0.4 is 0 Å². The molecule has 0 bridgehead atoms. The van der Waals surface area contributed by atoms with Crippen molar-refractivity contribution in [3.63, 3.8) is 0 Å². The number of nitrogens with zero attached hydrogens (tertiary/aromatic N) is 1. The molecule has 1 unspecified atom stereocenters. The predicted octanol–water partition coefficient (Wildman–Crippen LogP) is 1.58. The van der Waals surface area contributed by atoms with E-state index in [2.05, 4.69) is 11.9 Å². The van der Waals surface area contributed by atoms with E-state index in [1.807, 2.05) is 0 Å². The molecule has 0 spiro atoms. The maximum Gasteiger partial charge on any atom is 0.303 e. The summed E-state index contributed by atoms with van der Waals surface area (Å²) in [7, 11) is 2.11. The summed E-state index contributed by atoms with van der Waals surface area (Å²) in [6.45, 7) is 2.12. The maximum atomic E-state index is 10.9. The molecule has 1 saturated heterocycles. The quantitative estimate of drug-likeness (QED) is 0.746. The van der Waals surface area contributed by atoms with Crippen LogP contribution in [0.1, 0.15) is 32.1 Å². The molecule has 2 aliphatic rings. The number of hydrogen-bond donors (Lipinski definition) is 1. The van der Waals surface area contributed by atoms with Crippen molar-refractivity contribution in [1.82, 2.24) is 4.90 Å². The molecule has 3 nitrogen and oxygen atoms in total. The first-order valence-corrected chi connectivity index (χ1v) is 5.53. The van der Waals surface area contributed by atoms with Crippen molar-refractivity contribution < 1.29 is 9.90 Å². The van der Waals surface area contributed by atoms with Gasteiger partial charge in [0.2, 0.25) is 0 Å². The maximum absolute atomic E-state index is 10.9. The van der Waals surface area contributed by atoms with Crippen molar-refractivity contribution in [2.75, 3.05) is 20.1 Å². The van der Waals surface area contributed by atoms with E-state index in [0.29, 0.717) is 12.3 Å². The predicted molar refractivity (Wildman–Crippen MR) is 54.1 cm³/mol. The average Bonchev–Trinajstić information content (AvgIpc) is 2.83. The molecule has 80 valence electrons. The van der Waals surface area contributed by atoms with Gasteiger partial charge in [0.05, 0.1) is 6.42 Å². The Morgan fingerprint density at radius 1 is 1.57 bits per heavy atom. The molecule has 3 heteroatoms. The first kappa shape index (κ1) is 9.97. The van der Waals surface area contributed by atoms with E-state index in [-0.39, 0.29) is 5.41 Å². The molecule has 2 fully saturated rings. The van der Waals surface area contributed by atoms with Gasteiger partial charge in [0.15, 0.2) is 0 Å². The molecular weight excluding hydrogens is 178 g/mol. The average molecular weight is 197 g/mol. The lowest BCUT2D eigenvalue weighted by atomic mass is 9.73. The molecule has 1 saturated carbocycles. The van der Waals surface area contributed by atoms with Gasteiger partial charge in [0.25, 0.3) is 0 Å². The second kappa shape index (κ2) is 3.54. The molecule has 1 aliphatic heterocycles. The molecule has 1 N–H and O–H groups in total. The van der Waals surface area contributed by atoms with E-state index in [9.17, 15) is 4.79 Å². The molecule has 0 aromatic rings. The van der Waals surface area contributed by atoms with Gasteiger partial charge in [-0.1, -0.05) is 0 Å². The van der Waals surface area contributed by atoms with Crippen LogP contribution in [0.5, 0.6) is 0 Å². The Bertz CT molecular complexity index is 237. The molecule has 14 heavy (non-hydrogen) atoms. The minimum absolute atomic E-state index is 0.110. The van der Waals surface area contributed by atoms with E-state index in [4.69, 9.17) is 5.11 Å². The van der Waals surface area contributed by atoms with Crippen LogP contribution in [-0.2, 0) is 4.79 Å². The Hall–Kier alpha value is -0.570. The zero-order chi connectivity index (χ0) is 10.2. The second-order valence-corrected chi connectivity index (χ2v) is 5.05. The smallest absolute Gasteiger partial charge is 0.303 e. The first-order chi connectivity index (χ1) is 6.62. The minimum atomic E-state index is -0.618. The molecular formula is C11H19NO2. The van der Waals surface area contributed by atoms with E-state index in [1.165, 1.54) is 19.3 Å². The van der Waals surface area contributed by atoms with Gasteiger partial charge >= 0.3 is 5.97 Å². The molecule has 1 aliphatic carbocycles. The summed E-state index contributed by atoms with van der Waals surface area (Å²) < 4.78 is 0. The van der Waals surface area contributed by atoms with Crippen LogP contribution >= 0.6 is 0 Å². The monoisotopic (exact) mass is 197 g/mol. The lowest BCUT2D eigenvalue weighted by molar-refractivity contribution is -0.141. The molecule has 2 rings (SSSR count). The summed E-state index contributed by atoms with van der Waals surface area (Å²) in [6, 6.07) is 0. The normalized spacial score (nSPS) is 34.4. The fraction of sp³-hybridized carbons (Fsp3) is 0.909. The molecule has 0 aromatic carbocycles. The lowest BCUT2D eigenvalue weighted by Gasteiger charge is -2.41. The number of carboxylic acid groups (broad SMARTS) is 1. The van der Waals surface area contributed by atoms with Gasteiger partial charge in [0, 0.05) is 6.54 Å². The summed E-state index contributed by atoms with van der Waals surface area (Å²) in [5, 5.41) is 8.98. The topological polar surface area (TPSA) is 40.5 Å². The van der Waals surface area contributed by atoms with Crippen molar-refractivity contribution in [3.8, 4) is 0 Å². The van der Waals surface area contributed by atoms with Gasteiger partial charge in [0.1, 0.15) is 0 Å². The van der Waals surface area contributed by atoms with Crippen molar-refractivity contribution >= 4 is 5.97 Å². The van der Waals surface area contributed by atoms with Crippen molar-refractivity contribution in [2.24, 2.45) is 11.3 Å². The zero-order valence-electron chi connectivity index (χ0n) is 8.83. The Balaban J connectivity index is 2.07. The van der Waals surface area contributed by atoms with Crippen molar-refractivity contribution in [2.45, 2.75) is 32.1 Å². The Morgan fingerprint density at radius 3 is 2.79 bits per heavy atom. The van der Waals surface area contributed by atoms with Crippen LogP contribution in [0.4, 0.5) is 0 Å². The molecule has 1 atom stereocenters. The van der Waals surface area contributed by atoms with Crippen LogP contribution in [0.3, 0.4) is 0 Å². The van der Waals surface area contributed by atoms with Crippen LogP contribution in [0.2, 0.25) is 0 Å².